The quantitative estimate of drug-likeness (QED) is 0.837. The molecule has 1 amide bonds. The number of carbonyl (C=O) groups is 1. The number of hydrogen-bond acceptors (Lipinski definition) is 3. The van der Waals surface area contributed by atoms with Crippen LogP contribution in [0.25, 0.3) is 0 Å². The molecule has 3 rings (SSSR count). The van der Waals surface area contributed by atoms with Gasteiger partial charge in [0.1, 0.15) is 11.6 Å². The second-order valence-electron chi connectivity index (χ2n) is 6.09. The number of sulfone groups is 1. The fourth-order valence-corrected chi connectivity index (χ4v) is 4.69. The predicted molar refractivity (Wildman–Crippen MR) is 89.7 cm³/mol. The lowest BCUT2D eigenvalue weighted by atomic mass is 10.1. The molecule has 7 heteroatoms. The highest BCUT2D eigenvalue weighted by atomic mass is 32.2. The normalized spacial score (nSPS) is 18.9. The van der Waals surface area contributed by atoms with Gasteiger partial charge in [0.2, 0.25) is 0 Å². The summed E-state index contributed by atoms with van der Waals surface area (Å²) in [5.74, 6) is -1.51. The zero-order valence-corrected chi connectivity index (χ0v) is 14.2. The van der Waals surface area contributed by atoms with Crippen molar-refractivity contribution in [3.05, 3.63) is 71.3 Å². The van der Waals surface area contributed by atoms with Crippen LogP contribution in [0.2, 0.25) is 0 Å². The van der Waals surface area contributed by atoms with E-state index in [0.29, 0.717) is 12.0 Å². The van der Waals surface area contributed by atoms with Crippen molar-refractivity contribution in [2.45, 2.75) is 19.0 Å². The van der Waals surface area contributed by atoms with Crippen molar-refractivity contribution in [1.29, 1.82) is 0 Å². The van der Waals surface area contributed by atoms with E-state index in [-0.39, 0.29) is 23.6 Å². The number of benzene rings is 2. The fourth-order valence-electron chi connectivity index (χ4n) is 2.96. The molecule has 1 fully saturated rings. The van der Waals surface area contributed by atoms with Gasteiger partial charge < -0.3 is 4.90 Å². The molecule has 0 bridgehead atoms. The van der Waals surface area contributed by atoms with E-state index in [1.165, 1.54) is 35.2 Å². The molecular weight excluding hydrogens is 348 g/mol. The molecule has 1 atom stereocenters. The maximum Gasteiger partial charge on any atom is 0.254 e. The van der Waals surface area contributed by atoms with E-state index in [9.17, 15) is 22.0 Å². The lowest BCUT2D eigenvalue weighted by Crippen LogP contribution is -2.40. The van der Waals surface area contributed by atoms with Crippen LogP contribution in [0.1, 0.15) is 22.3 Å². The summed E-state index contributed by atoms with van der Waals surface area (Å²) >= 11 is 0. The van der Waals surface area contributed by atoms with Crippen LogP contribution in [-0.2, 0) is 16.4 Å². The van der Waals surface area contributed by atoms with Gasteiger partial charge in [0, 0.05) is 23.7 Å². The Morgan fingerprint density at radius 1 is 1.08 bits per heavy atom. The number of rotatable bonds is 4. The highest BCUT2D eigenvalue weighted by Gasteiger charge is 2.35. The third-order valence-corrected chi connectivity index (χ3v) is 6.05. The predicted octanol–water partition coefficient (Wildman–Crippen LogP) is 2.79. The van der Waals surface area contributed by atoms with Crippen LogP contribution in [0.4, 0.5) is 8.78 Å². The standard InChI is InChI=1S/C18H17F2NO3S/c19-15-7-5-13(6-8-15)18(22)21(16-9-10-25(23,24)12-16)11-14-3-1-2-4-17(14)20/h1-8,16H,9-12H2/t16-/m0/s1. The Balaban J connectivity index is 1.92. The number of halogens is 2. The topological polar surface area (TPSA) is 54.5 Å². The Morgan fingerprint density at radius 3 is 2.36 bits per heavy atom. The molecule has 1 heterocycles. The lowest BCUT2D eigenvalue weighted by Gasteiger charge is -2.28. The molecule has 2 aromatic carbocycles. The van der Waals surface area contributed by atoms with Crippen molar-refractivity contribution in [3.63, 3.8) is 0 Å². The monoisotopic (exact) mass is 365 g/mol. The average Bonchev–Trinajstić information content (AvgIpc) is 2.94. The minimum Gasteiger partial charge on any atom is -0.330 e. The zero-order valence-electron chi connectivity index (χ0n) is 13.4. The summed E-state index contributed by atoms with van der Waals surface area (Å²) < 4.78 is 50.7. The van der Waals surface area contributed by atoms with Gasteiger partial charge in [-0.1, -0.05) is 18.2 Å². The second-order valence-corrected chi connectivity index (χ2v) is 8.32. The van der Waals surface area contributed by atoms with Gasteiger partial charge in [0.15, 0.2) is 9.84 Å². The van der Waals surface area contributed by atoms with Crippen LogP contribution in [0.3, 0.4) is 0 Å². The average molecular weight is 365 g/mol. The maximum absolute atomic E-state index is 14.0. The van der Waals surface area contributed by atoms with Crippen LogP contribution in [0.5, 0.6) is 0 Å². The Morgan fingerprint density at radius 2 is 1.76 bits per heavy atom. The van der Waals surface area contributed by atoms with Crippen LogP contribution < -0.4 is 0 Å². The molecule has 25 heavy (non-hydrogen) atoms. The van der Waals surface area contributed by atoms with E-state index in [2.05, 4.69) is 0 Å². The Hall–Kier alpha value is -2.28. The molecule has 132 valence electrons. The zero-order chi connectivity index (χ0) is 18.0. The molecule has 0 aliphatic carbocycles. The molecule has 1 saturated heterocycles. The summed E-state index contributed by atoms with van der Waals surface area (Å²) in [6.07, 6.45) is 0.309. The first-order valence-electron chi connectivity index (χ1n) is 7.86. The summed E-state index contributed by atoms with van der Waals surface area (Å²) in [4.78, 5) is 14.2. The SMILES string of the molecule is O=C(c1ccc(F)cc1)N(Cc1ccccc1F)[C@H]1CCS(=O)(=O)C1. The number of amides is 1. The smallest absolute Gasteiger partial charge is 0.254 e. The Labute approximate surface area is 145 Å². The largest absolute Gasteiger partial charge is 0.330 e. The van der Waals surface area contributed by atoms with Crippen molar-refractivity contribution in [1.82, 2.24) is 4.90 Å². The molecule has 1 aliphatic heterocycles. The van der Waals surface area contributed by atoms with E-state index in [1.54, 1.807) is 18.2 Å². The minimum absolute atomic E-state index is 0.00212. The molecule has 0 aromatic heterocycles. The summed E-state index contributed by atoms with van der Waals surface area (Å²) in [5.41, 5.74) is 0.546. The summed E-state index contributed by atoms with van der Waals surface area (Å²) in [6, 6.07) is 10.5. The molecular formula is C18H17F2NO3S. The van der Waals surface area contributed by atoms with Gasteiger partial charge in [-0.05, 0) is 36.8 Å². The summed E-state index contributed by atoms with van der Waals surface area (Å²) in [6.45, 7) is -0.0386. The highest BCUT2D eigenvalue weighted by molar-refractivity contribution is 7.91. The van der Waals surface area contributed by atoms with Gasteiger partial charge in [0.05, 0.1) is 11.5 Å². The first kappa shape index (κ1) is 17.5. The van der Waals surface area contributed by atoms with E-state index >= 15 is 0 Å². The molecule has 2 aromatic rings. The van der Waals surface area contributed by atoms with Crippen LogP contribution in [-0.4, -0.2) is 36.8 Å². The molecule has 0 saturated carbocycles. The minimum atomic E-state index is -3.21. The van der Waals surface area contributed by atoms with Crippen molar-refractivity contribution in [2.75, 3.05) is 11.5 Å². The van der Waals surface area contributed by atoms with E-state index < -0.39 is 33.4 Å². The Kier molecular flexibility index (Phi) is 4.85. The lowest BCUT2D eigenvalue weighted by molar-refractivity contribution is 0.0679. The van der Waals surface area contributed by atoms with E-state index in [4.69, 9.17) is 0 Å². The number of carbonyl (C=O) groups excluding carboxylic acids is 1. The molecule has 0 radical (unpaired) electrons. The van der Waals surface area contributed by atoms with Gasteiger partial charge in [-0.2, -0.15) is 0 Å². The van der Waals surface area contributed by atoms with Crippen molar-refractivity contribution in [3.8, 4) is 0 Å². The molecule has 4 nitrogen and oxygen atoms in total. The molecule has 0 N–H and O–H groups in total. The highest BCUT2D eigenvalue weighted by Crippen LogP contribution is 2.23. The molecule has 0 spiro atoms. The summed E-state index contributed by atoms with van der Waals surface area (Å²) in [5, 5.41) is 0. The van der Waals surface area contributed by atoms with Crippen LogP contribution in [0, 0.1) is 11.6 Å². The van der Waals surface area contributed by atoms with E-state index in [0.717, 1.165) is 0 Å². The number of hydrogen-bond donors (Lipinski definition) is 0. The van der Waals surface area contributed by atoms with Gasteiger partial charge >= 0.3 is 0 Å². The van der Waals surface area contributed by atoms with Gasteiger partial charge in [-0.25, -0.2) is 17.2 Å². The van der Waals surface area contributed by atoms with Crippen molar-refractivity contribution >= 4 is 15.7 Å². The van der Waals surface area contributed by atoms with Gasteiger partial charge in [-0.3, -0.25) is 4.79 Å². The van der Waals surface area contributed by atoms with Crippen molar-refractivity contribution in [2.24, 2.45) is 0 Å². The summed E-state index contributed by atoms with van der Waals surface area (Å²) in [7, 11) is -3.21. The van der Waals surface area contributed by atoms with Crippen molar-refractivity contribution < 1.29 is 22.0 Å². The fraction of sp³-hybridized carbons (Fsp3) is 0.278. The van der Waals surface area contributed by atoms with Crippen LogP contribution in [0.15, 0.2) is 48.5 Å². The van der Waals surface area contributed by atoms with Crippen LogP contribution >= 0.6 is 0 Å². The Bertz CT molecular complexity index is 881. The maximum atomic E-state index is 14.0. The van der Waals surface area contributed by atoms with Gasteiger partial charge in [-0.15, -0.1) is 0 Å². The third-order valence-electron chi connectivity index (χ3n) is 4.30. The third kappa shape index (κ3) is 4.04. The molecule has 1 aliphatic rings. The first-order chi connectivity index (χ1) is 11.9. The number of nitrogens with zero attached hydrogens (tertiary/aromatic N) is 1. The van der Waals surface area contributed by atoms with E-state index in [1.807, 2.05) is 0 Å². The second kappa shape index (κ2) is 6.92. The molecule has 0 unspecified atom stereocenters. The van der Waals surface area contributed by atoms with Gasteiger partial charge in [0.25, 0.3) is 5.91 Å². The first-order valence-corrected chi connectivity index (χ1v) is 9.68.